The van der Waals surface area contributed by atoms with E-state index in [0.29, 0.717) is 18.2 Å². The Morgan fingerprint density at radius 1 is 1.56 bits per heavy atom. The van der Waals surface area contributed by atoms with Gasteiger partial charge in [-0.2, -0.15) is 0 Å². The molecule has 0 aromatic heterocycles. The highest BCUT2D eigenvalue weighted by Crippen LogP contribution is 2.19. The molecule has 1 atom stereocenters. The van der Waals surface area contributed by atoms with E-state index >= 15 is 0 Å². The minimum atomic E-state index is -1.12. The zero-order chi connectivity index (χ0) is 13.0. The summed E-state index contributed by atoms with van der Waals surface area (Å²) >= 11 is 0. The number of halogens is 1. The molecule has 2 rings (SSSR count). The second kappa shape index (κ2) is 5.82. The maximum absolute atomic E-state index is 13.6. The van der Waals surface area contributed by atoms with Crippen LogP contribution in [0.4, 0.5) is 10.1 Å². The monoisotopic (exact) mass is 253 g/mol. The van der Waals surface area contributed by atoms with Gasteiger partial charge >= 0.3 is 5.97 Å². The zero-order valence-corrected chi connectivity index (χ0v) is 9.99. The Balaban J connectivity index is 1.87. The predicted molar refractivity (Wildman–Crippen MR) is 65.4 cm³/mol. The molecule has 1 saturated heterocycles. The maximum atomic E-state index is 13.6. The van der Waals surface area contributed by atoms with E-state index in [4.69, 9.17) is 9.84 Å². The van der Waals surface area contributed by atoms with E-state index in [1.807, 2.05) is 0 Å². The Morgan fingerprint density at radius 3 is 3.00 bits per heavy atom. The van der Waals surface area contributed by atoms with Crippen LogP contribution >= 0.6 is 0 Å². The summed E-state index contributed by atoms with van der Waals surface area (Å²) in [7, 11) is 0. The topological polar surface area (TPSA) is 58.6 Å². The van der Waals surface area contributed by atoms with E-state index in [1.165, 1.54) is 12.1 Å². The Morgan fingerprint density at radius 2 is 2.39 bits per heavy atom. The van der Waals surface area contributed by atoms with Gasteiger partial charge in [-0.25, -0.2) is 9.18 Å². The van der Waals surface area contributed by atoms with E-state index < -0.39 is 11.8 Å². The Labute approximate surface area is 105 Å². The van der Waals surface area contributed by atoms with Crippen molar-refractivity contribution >= 4 is 11.7 Å². The second-order valence-corrected chi connectivity index (χ2v) is 4.44. The molecule has 1 aromatic carbocycles. The number of ether oxygens (including phenoxy) is 1. The number of hydrogen-bond donors (Lipinski definition) is 2. The van der Waals surface area contributed by atoms with Crippen LogP contribution < -0.4 is 5.32 Å². The van der Waals surface area contributed by atoms with Gasteiger partial charge in [0.1, 0.15) is 5.82 Å². The van der Waals surface area contributed by atoms with Gasteiger partial charge in [0.05, 0.1) is 11.3 Å². The summed E-state index contributed by atoms with van der Waals surface area (Å²) in [6.07, 6.45) is 1.99. The average molecular weight is 253 g/mol. The lowest BCUT2D eigenvalue weighted by molar-refractivity contribution is 0.0696. The van der Waals surface area contributed by atoms with Gasteiger partial charge in [0, 0.05) is 19.8 Å². The molecule has 0 bridgehead atoms. The normalized spacial score (nSPS) is 18.8. The van der Waals surface area contributed by atoms with E-state index in [-0.39, 0.29) is 5.56 Å². The first-order valence-corrected chi connectivity index (χ1v) is 6.01. The number of carboxylic acids is 1. The smallest absolute Gasteiger partial charge is 0.335 e. The minimum Gasteiger partial charge on any atom is -0.478 e. The Hall–Kier alpha value is -1.62. The molecule has 98 valence electrons. The molecule has 4 nitrogen and oxygen atoms in total. The molecule has 0 amide bonds. The summed E-state index contributed by atoms with van der Waals surface area (Å²) in [5.41, 5.74) is 0.307. The summed E-state index contributed by atoms with van der Waals surface area (Å²) in [5.74, 6) is -1.11. The number of aromatic carboxylic acids is 1. The van der Waals surface area contributed by atoms with Gasteiger partial charge in [-0.1, -0.05) is 0 Å². The third-order valence-electron chi connectivity index (χ3n) is 3.11. The van der Waals surface area contributed by atoms with Crippen molar-refractivity contribution in [2.24, 2.45) is 5.92 Å². The first-order chi connectivity index (χ1) is 8.66. The van der Waals surface area contributed by atoms with Crippen molar-refractivity contribution < 1.29 is 19.0 Å². The lowest BCUT2D eigenvalue weighted by Crippen LogP contribution is -2.10. The van der Waals surface area contributed by atoms with Crippen LogP contribution in [0.1, 0.15) is 23.2 Å². The second-order valence-electron chi connectivity index (χ2n) is 4.44. The molecule has 1 fully saturated rings. The van der Waals surface area contributed by atoms with Crippen LogP contribution in [0.25, 0.3) is 0 Å². The zero-order valence-electron chi connectivity index (χ0n) is 9.99. The van der Waals surface area contributed by atoms with Crippen molar-refractivity contribution in [3.8, 4) is 0 Å². The number of hydrogen-bond acceptors (Lipinski definition) is 3. The number of nitrogens with one attached hydrogen (secondary N) is 1. The van der Waals surface area contributed by atoms with E-state index in [9.17, 15) is 9.18 Å². The average Bonchev–Trinajstić information content (AvgIpc) is 2.84. The fourth-order valence-electron chi connectivity index (χ4n) is 2.01. The first kappa shape index (κ1) is 12.8. The fraction of sp³-hybridized carbons (Fsp3) is 0.462. The quantitative estimate of drug-likeness (QED) is 0.845. The lowest BCUT2D eigenvalue weighted by Gasteiger charge is -2.10. The number of anilines is 1. The van der Waals surface area contributed by atoms with Crippen molar-refractivity contribution in [2.75, 3.05) is 25.1 Å². The molecule has 18 heavy (non-hydrogen) atoms. The molecule has 0 radical (unpaired) electrons. The summed E-state index contributed by atoms with van der Waals surface area (Å²) in [4.78, 5) is 10.7. The Kier molecular flexibility index (Phi) is 4.15. The van der Waals surface area contributed by atoms with Gasteiger partial charge < -0.3 is 15.2 Å². The predicted octanol–water partition coefficient (Wildman–Crippen LogP) is 2.36. The maximum Gasteiger partial charge on any atom is 0.335 e. The van der Waals surface area contributed by atoms with Gasteiger partial charge in [-0.15, -0.1) is 0 Å². The van der Waals surface area contributed by atoms with Gasteiger partial charge in [0.2, 0.25) is 0 Å². The van der Waals surface area contributed by atoms with Crippen LogP contribution in [0.15, 0.2) is 18.2 Å². The van der Waals surface area contributed by atoms with Crippen LogP contribution in [-0.4, -0.2) is 30.8 Å². The van der Waals surface area contributed by atoms with Crippen molar-refractivity contribution in [2.45, 2.75) is 12.8 Å². The molecule has 1 unspecified atom stereocenters. The third kappa shape index (κ3) is 3.20. The number of carboxylic acid groups (broad SMARTS) is 1. The van der Waals surface area contributed by atoms with Gasteiger partial charge in [-0.05, 0) is 37.0 Å². The largest absolute Gasteiger partial charge is 0.478 e. The number of rotatable bonds is 5. The lowest BCUT2D eigenvalue weighted by atomic mass is 10.1. The van der Waals surface area contributed by atoms with E-state index in [1.54, 1.807) is 0 Å². The molecular formula is C13H16FNO3. The molecule has 1 aromatic rings. The van der Waals surface area contributed by atoms with Crippen LogP contribution in [0.5, 0.6) is 0 Å². The summed E-state index contributed by atoms with van der Waals surface area (Å²) in [6.45, 7) is 2.26. The molecule has 1 aliphatic heterocycles. The highest BCUT2D eigenvalue weighted by Gasteiger charge is 2.15. The van der Waals surface area contributed by atoms with Crippen molar-refractivity contribution in [3.63, 3.8) is 0 Å². The van der Waals surface area contributed by atoms with E-state index in [2.05, 4.69) is 5.32 Å². The SMILES string of the molecule is O=C(O)c1ccc(NCCC2CCOC2)c(F)c1. The van der Waals surface area contributed by atoms with E-state index in [0.717, 1.165) is 32.1 Å². The standard InChI is InChI=1S/C13H16FNO3/c14-11-7-10(13(16)17)1-2-12(11)15-5-3-9-4-6-18-8-9/h1-2,7,9,15H,3-6,8H2,(H,16,17). The number of benzene rings is 1. The molecule has 1 aliphatic rings. The fourth-order valence-corrected chi connectivity index (χ4v) is 2.01. The van der Waals surface area contributed by atoms with Crippen LogP contribution in [-0.2, 0) is 4.74 Å². The van der Waals surface area contributed by atoms with Gasteiger partial charge in [0.25, 0.3) is 0 Å². The highest BCUT2D eigenvalue weighted by molar-refractivity contribution is 5.88. The third-order valence-corrected chi connectivity index (χ3v) is 3.11. The molecule has 0 aliphatic carbocycles. The minimum absolute atomic E-state index is 0.0396. The molecular weight excluding hydrogens is 237 g/mol. The summed E-state index contributed by atoms with van der Waals surface area (Å²) < 4.78 is 18.8. The summed E-state index contributed by atoms with van der Waals surface area (Å²) in [6, 6.07) is 3.89. The molecule has 1 heterocycles. The molecule has 0 saturated carbocycles. The van der Waals surface area contributed by atoms with Gasteiger partial charge in [-0.3, -0.25) is 0 Å². The van der Waals surface area contributed by atoms with Gasteiger partial charge in [0.15, 0.2) is 0 Å². The Bertz CT molecular complexity index is 430. The van der Waals surface area contributed by atoms with Crippen LogP contribution in [0.3, 0.4) is 0 Å². The van der Waals surface area contributed by atoms with Crippen molar-refractivity contribution in [3.05, 3.63) is 29.6 Å². The summed E-state index contributed by atoms with van der Waals surface area (Å²) in [5, 5.41) is 11.7. The molecule has 2 N–H and O–H groups in total. The number of carbonyl (C=O) groups is 1. The molecule has 5 heteroatoms. The first-order valence-electron chi connectivity index (χ1n) is 6.01. The van der Waals surface area contributed by atoms with Crippen LogP contribution in [0, 0.1) is 11.7 Å². The highest BCUT2D eigenvalue weighted by atomic mass is 19.1. The van der Waals surface area contributed by atoms with Crippen LogP contribution in [0.2, 0.25) is 0 Å². The molecule has 0 spiro atoms. The van der Waals surface area contributed by atoms with Crippen molar-refractivity contribution in [1.82, 2.24) is 0 Å². The van der Waals surface area contributed by atoms with Crippen molar-refractivity contribution in [1.29, 1.82) is 0 Å².